The number of aromatic nitrogens is 2. The zero-order chi connectivity index (χ0) is 32.1. The van der Waals surface area contributed by atoms with Gasteiger partial charge >= 0.3 is 6.18 Å². The van der Waals surface area contributed by atoms with E-state index in [9.17, 15) is 18.0 Å². The maximum atomic E-state index is 15.0. The van der Waals surface area contributed by atoms with Crippen molar-refractivity contribution in [2.75, 3.05) is 67.0 Å². The molecular weight excluding hydrogens is 594 g/mol. The first-order valence-corrected chi connectivity index (χ1v) is 14.2. The van der Waals surface area contributed by atoms with Crippen molar-refractivity contribution < 1.29 is 31.9 Å². The van der Waals surface area contributed by atoms with Gasteiger partial charge in [-0.15, -0.1) is 6.58 Å². The van der Waals surface area contributed by atoms with Crippen LogP contribution in [0.15, 0.2) is 68.0 Å². The van der Waals surface area contributed by atoms with Crippen LogP contribution in [0.4, 0.5) is 46.3 Å². The highest BCUT2D eigenvalue weighted by molar-refractivity contribution is 6.02. The molecule has 10 nitrogen and oxygen atoms in total. The molecule has 3 heterocycles. The number of alkyl halides is 3. The van der Waals surface area contributed by atoms with Crippen LogP contribution in [0.25, 0.3) is 0 Å². The van der Waals surface area contributed by atoms with Gasteiger partial charge in [-0.3, -0.25) is 14.5 Å². The van der Waals surface area contributed by atoms with E-state index in [0.717, 1.165) is 38.4 Å². The van der Waals surface area contributed by atoms with Crippen molar-refractivity contribution >= 4 is 34.6 Å². The van der Waals surface area contributed by atoms with Gasteiger partial charge in [-0.25, -0.2) is 19.4 Å². The second-order valence-corrected chi connectivity index (χ2v) is 10.4. The molecule has 2 N–H and O–H groups in total. The number of amides is 1. The summed E-state index contributed by atoms with van der Waals surface area (Å²) in [6, 6.07) is 7.41. The molecule has 2 saturated heterocycles. The van der Waals surface area contributed by atoms with Crippen molar-refractivity contribution in [1.82, 2.24) is 14.9 Å². The molecule has 5 rings (SSSR count). The van der Waals surface area contributed by atoms with Gasteiger partial charge in [0.25, 0.3) is 0 Å². The van der Waals surface area contributed by atoms with Gasteiger partial charge in [0.1, 0.15) is 23.7 Å². The largest absolute Gasteiger partial charge is 0.494 e. The summed E-state index contributed by atoms with van der Waals surface area (Å²) in [7, 11) is 1.52. The number of benzene rings is 2. The van der Waals surface area contributed by atoms with E-state index in [1.54, 1.807) is 6.07 Å². The lowest BCUT2D eigenvalue weighted by atomic mass is 10.0. The highest BCUT2D eigenvalue weighted by Crippen LogP contribution is 2.41. The van der Waals surface area contributed by atoms with E-state index in [2.05, 4.69) is 43.6 Å². The van der Waals surface area contributed by atoms with Crippen LogP contribution in [0.1, 0.15) is 23.6 Å². The molecule has 2 aromatic carbocycles. The Balaban J connectivity index is 1.43. The molecule has 0 bridgehead atoms. The van der Waals surface area contributed by atoms with E-state index < -0.39 is 23.6 Å². The molecule has 0 spiro atoms. The summed E-state index contributed by atoms with van der Waals surface area (Å²) in [6.07, 6.45) is -0.293. The van der Waals surface area contributed by atoms with Crippen LogP contribution in [0.2, 0.25) is 0 Å². The Morgan fingerprint density at radius 3 is 2.60 bits per heavy atom. The van der Waals surface area contributed by atoms with E-state index in [4.69, 9.17) is 9.57 Å². The lowest BCUT2D eigenvalue weighted by Gasteiger charge is -2.36. The van der Waals surface area contributed by atoms with Crippen LogP contribution < -0.4 is 25.3 Å². The van der Waals surface area contributed by atoms with E-state index in [1.165, 1.54) is 42.8 Å². The number of ether oxygens (including phenoxy) is 1. The van der Waals surface area contributed by atoms with Crippen LogP contribution in [0, 0.1) is 5.82 Å². The number of nitrogens with zero attached hydrogens (tertiary/aromatic N) is 5. The van der Waals surface area contributed by atoms with Gasteiger partial charge in [0.15, 0.2) is 5.82 Å². The number of carbonyl (C=O) groups excluding carboxylic acids is 1. The molecule has 1 atom stereocenters. The number of carbonyl (C=O) groups is 1. The van der Waals surface area contributed by atoms with Gasteiger partial charge in [-0.2, -0.15) is 13.2 Å². The average Bonchev–Trinajstić information content (AvgIpc) is 3.51. The summed E-state index contributed by atoms with van der Waals surface area (Å²) in [5.41, 5.74) is 0.271. The Bertz CT molecular complexity index is 1560. The smallest absolute Gasteiger partial charge is 0.419 e. The minimum absolute atomic E-state index is 0.149. The maximum Gasteiger partial charge on any atom is 0.419 e. The lowest BCUT2D eigenvalue weighted by Crippen LogP contribution is -2.46. The third-order valence-corrected chi connectivity index (χ3v) is 7.60. The average molecular weight is 628 g/mol. The van der Waals surface area contributed by atoms with E-state index in [1.807, 2.05) is 12.1 Å². The van der Waals surface area contributed by atoms with Crippen molar-refractivity contribution in [3.63, 3.8) is 0 Å². The first-order valence-electron chi connectivity index (χ1n) is 14.2. The minimum atomic E-state index is -4.84. The minimum Gasteiger partial charge on any atom is -0.494 e. The van der Waals surface area contributed by atoms with Crippen molar-refractivity contribution in [2.24, 2.45) is 0 Å². The van der Waals surface area contributed by atoms with E-state index >= 15 is 4.39 Å². The van der Waals surface area contributed by atoms with Crippen LogP contribution in [0.5, 0.6) is 5.75 Å². The number of anilines is 5. The summed E-state index contributed by atoms with van der Waals surface area (Å²) in [5, 5.41) is 7.33. The number of hydrogen-bond acceptors (Lipinski definition) is 9. The molecule has 0 aliphatic carbocycles. The standard InChI is InChI=1S/C31H33F4N7O3/c1-4-10-40-11-13-41(14-12-40)25-17-26(44-3)23(16-22(25)39-29(43)5-2)38-27-18-28(37-19-36-27)42-24(9-15-45-42)20-7-6-8-21(30(20)32)31(33,34)35/h4-8,16-19,24H,1-2,9-15H2,3H3,(H,39,43)(H,36,37,38)/t24-/m1/s1. The third kappa shape index (κ3) is 7.02. The molecule has 238 valence electrons. The molecule has 14 heteroatoms. The molecule has 45 heavy (non-hydrogen) atoms. The van der Waals surface area contributed by atoms with Gasteiger partial charge in [-0.05, 0) is 18.2 Å². The fraction of sp³-hybridized carbons (Fsp3) is 0.323. The number of halogens is 4. The summed E-state index contributed by atoms with van der Waals surface area (Å²) in [6.45, 7) is 11.4. The number of methoxy groups -OCH3 is 1. The molecule has 0 radical (unpaired) electrons. The number of hydrogen-bond donors (Lipinski definition) is 2. The van der Waals surface area contributed by atoms with Gasteiger partial charge in [0.05, 0.1) is 42.4 Å². The topological polar surface area (TPSA) is 95.1 Å². The van der Waals surface area contributed by atoms with Gasteiger partial charge < -0.3 is 20.3 Å². The normalized spacial score (nSPS) is 17.2. The Morgan fingerprint density at radius 2 is 1.91 bits per heavy atom. The monoisotopic (exact) mass is 627 g/mol. The van der Waals surface area contributed by atoms with E-state index in [0.29, 0.717) is 29.0 Å². The first-order chi connectivity index (χ1) is 21.6. The van der Waals surface area contributed by atoms with Gasteiger partial charge in [0.2, 0.25) is 5.91 Å². The Kier molecular flexibility index (Phi) is 9.54. The summed E-state index contributed by atoms with van der Waals surface area (Å²) < 4.78 is 60.9. The SMILES string of the molecule is C=CCN1CCN(c2cc(OC)c(Nc3cc(N4OCC[C@@H]4c4cccc(C(F)(F)F)c4F)ncn3)cc2NC(=O)C=C)CC1. The molecule has 0 unspecified atom stereocenters. The number of hydroxylamine groups is 1. The van der Waals surface area contributed by atoms with Crippen molar-refractivity contribution in [1.29, 1.82) is 0 Å². The fourth-order valence-electron chi connectivity index (χ4n) is 5.41. The highest BCUT2D eigenvalue weighted by Gasteiger charge is 2.38. The fourth-order valence-corrected chi connectivity index (χ4v) is 5.41. The van der Waals surface area contributed by atoms with Crippen LogP contribution in [0.3, 0.4) is 0 Å². The van der Waals surface area contributed by atoms with E-state index in [-0.39, 0.29) is 30.3 Å². The molecule has 1 aromatic heterocycles. The predicted octanol–water partition coefficient (Wildman–Crippen LogP) is 5.70. The molecule has 0 saturated carbocycles. The zero-order valence-corrected chi connectivity index (χ0v) is 24.6. The first kappa shape index (κ1) is 31.7. The lowest BCUT2D eigenvalue weighted by molar-refractivity contribution is -0.140. The van der Waals surface area contributed by atoms with Gasteiger partial charge in [0, 0.05) is 56.8 Å². The van der Waals surface area contributed by atoms with Crippen molar-refractivity contribution in [3.05, 3.63) is 85.0 Å². The molecular formula is C31H33F4N7O3. The molecule has 2 aliphatic rings. The molecule has 1 amide bonds. The highest BCUT2D eigenvalue weighted by atomic mass is 19.4. The Morgan fingerprint density at radius 1 is 1.13 bits per heavy atom. The number of piperazine rings is 1. The van der Waals surface area contributed by atoms with Gasteiger partial charge in [-0.1, -0.05) is 24.8 Å². The molecule has 2 fully saturated rings. The van der Waals surface area contributed by atoms with Crippen LogP contribution in [-0.4, -0.2) is 67.2 Å². The summed E-state index contributed by atoms with van der Waals surface area (Å²) in [5.74, 6) is -0.763. The number of nitrogens with one attached hydrogen (secondary N) is 2. The van der Waals surface area contributed by atoms with Crippen molar-refractivity contribution in [3.8, 4) is 5.75 Å². The number of rotatable bonds is 10. The third-order valence-electron chi connectivity index (χ3n) is 7.60. The van der Waals surface area contributed by atoms with Crippen LogP contribution in [-0.2, 0) is 15.8 Å². The predicted molar refractivity (Wildman–Crippen MR) is 163 cm³/mol. The molecule has 2 aliphatic heterocycles. The second-order valence-electron chi connectivity index (χ2n) is 10.4. The summed E-state index contributed by atoms with van der Waals surface area (Å²) in [4.78, 5) is 31.0. The Hall–Kier alpha value is -4.69. The quantitative estimate of drug-likeness (QED) is 0.167. The summed E-state index contributed by atoms with van der Waals surface area (Å²) >= 11 is 0. The zero-order valence-electron chi connectivity index (χ0n) is 24.6. The molecule has 3 aromatic rings. The second kappa shape index (κ2) is 13.5. The maximum absolute atomic E-state index is 15.0. The van der Waals surface area contributed by atoms with Crippen LogP contribution >= 0.6 is 0 Å². The Labute approximate surface area is 257 Å². The van der Waals surface area contributed by atoms with Crippen molar-refractivity contribution in [2.45, 2.75) is 18.6 Å².